The molecule has 2 heterocycles. The van der Waals surface area contributed by atoms with E-state index < -0.39 is 0 Å². The largest absolute Gasteiger partial charge is 0.377 e. The Hall–Kier alpha value is -1.71. The van der Waals surface area contributed by atoms with E-state index in [-0.39, 0.29) is 6.04 Å². The molecule has 3 nitrogen and oxygen atoms in total. The molecule has 0 radical (unpaired) electrons. The van der Waals surface area contributed by atoms with Crippen LogP contribution in [0.5, 0.6) is 0 Å². The summed E-state index contributed by atoms with van der Waals surface area (Å²) in [4.78, 5) is 4.11. The molecule has 0 amide bonds. The highest BCUT2D eigenvalue weighted by Gasteiger charge is 2.19. The van der Waals surface area contributed by atoms with Crippen LogP contribution in [-0.2, 0) is 4.74 Å². The maximum absolute atomic E-state index is 5.70. The van der Waals surface area contributed by atoms with Crippen molar-refractivity contribution >= 4 is 0 Å². The SMILES string of the molecule is c1ccc(C(NCC2CCCO2)c2ccncc2)cc1. The molecule has 2 atom stereocenters. The van der Waals surface area contributed by atoms with Crippen molar-refractivity contribution in [2.75, 3.05) is 13.2 Å². The van der Waals surface area contributed by atoms with Gasteiger partial charge in [0.1, 0.15) is 0 Å². The van der Waals surface area contributed by atoms with E-state index in [0.717, 1.165) is 19.6 Å². The standard InChI is InChI=1S/C17H20N2O/c1-2-5-14(6-3-1)17(15-8-10-18-11-9-15)19-13-16-7-4-12-20-16/h1-3,5-6,8-11,16-17,19H,4,7,12-13H2. The van der Waals surface area contributed by atoms with Crippen LogP contribution in [-0.4, -0.2) is 24.2 Å². The molecule has 3 rings (SSSR count). The number of rotatable bonds is 5. The van der Waals surface area contributed by atoms with Gasteiger partial charge < -0.3 is 10.1 Å². The third-order valence-electron chi connectivity index (χ3n) is 3.75. The first-order valence-electron chi connectivity index (χ1n) is 7.23. The molecule has 0 bridgehead atoms. The number of hydrogen-bond acceptors (Lipinski definition) is 3. The molecule has 2 unspecified atom stereocenters. The monoisotopic (exact) mass is 268 g/mol. The third kappa shape index (κ3) is 3.24. The zero-order chi connectivity index (χ0) is 13.6. The number of pyridine rings is 1. The Kier molecular flexibility index (Phi) is 4.41. The van der Waals surface area contributed by atoms with Crippen molar-refractivity contribution < 1.29 is 4.74 Å². The van der Waals surface area contributed by atoms with Crippen molar-refractivity contribution in [2.45, 2.75) is 25.0 Å². The number of nitrogens with one attached hydrogen (secondary N) is 1. The van der Waals surface area contributed by atoms with Crippen molar-refractivity contribution in [1.82, 2.24) is 10.3 Å². The Morgan fingerprint density at radius 3 is 2.55 bits per heavy atom. The van der Waals surface area contributed by atoms with Crippen LogP contribution in [0, 0.1) is 0 Å². The summed E-state index contributed by atoms with van der Waals surface area (Å²) in [7, 11) is 0. The van der Waals surface area contributed by atoms with Crippen LogP contribution in [0.3, 0.4) is 0 Å². The fraction of sp³-hybridized carbons (Fsp3) is 0.353. The Morgan fingerprint density at radius 2 is 1.85 bits per heavy atom. The van der Waals surface area contributed by atoms with Crippen LogP contribution < -0.4 is 5.32 Å². The molecule has 0 saturated carbocycles. The Labute approximate surface area is 120 Å². The lowest BCUT2D eigenvalue weighted by Gasteiger charge is -2.21. The van der Waals surface area contributed by atoms with Crippen molar-refractivity contribution in [3.05, 3.63) is 66.0 Å². The van der Waals surface area contributed by atoms with Gasteiger partial charge in [0.2, 0.25) is 0 Å². The summed E-state index contributed by atoms with van der Waals surface area (Å²) in [5, 5.41) is 3.64. The summed E-state index contributed by atoms with van der Waals surface area (Å²) in [6.45, 7) is 1.79. The zero-order valence-electron chi connectivity index (χ0n) is 11.5. The molecular weight excluding hydrogens is 248 g/mol. The summed E-state index contributed by atoms with van der Waals surface area (Å²) < 4.78 is 5.70. The van der Waals surface area contributed by atoms with E-state index in [0.29, 0.717) is 6.10 Å². The lowest BCUT2D eigenvalue weighted by molar-refractivity contribution is 0.108. The summed E-state index contributed by atoms with van der Waals surface area (Å²) >= 11 is 0. The van der Waals surface area contributed by atoms with E-state index >= 15 is 0 Å². The third-order valence-corrected chi connectivity index (χ3v) is 3.75. The predicted molar refractivity (Wildman–Crippen MR) is 79.5 cm³/mol. The topological polar surface area (TPSA) is 34.1 Å². The van der Waals surface area contributed by atoms with Gasteiger partial charge in [0.05, 0.1) is 12.1 Å². The van der Waals surface area contributed by atoms with E-state index in [1.807, 2.05) is 18.5 Å². The van der Waals surface area contributed by atoms with Crippen LogP contribution in [0.15, 0.2) is 54.9 Å². The van der Waals surface area contributed by atoms with E-state index in [2.05, 4.69) is 46.7 Å². The van der Waals surface area contributed by atoms with Gasteiger partial charge in [-0.2, -0.15) is 0 Å². The highest BCUT2D eigenvalue weighted by molar-refractivity contribution is 5.30. The minimum atomic E-state index is 0.198. The Bertz CT molecular complexity index is 470. The molecule has 1 N–H and O–H groups in total. The second-order valence-electron chi connectivity index (χ2n) is 5.17. The van der Waals surface area contributed by atoms with Crippen LogP contribution in [0.25, 0.3) is 0 Å². The second kappa shape index (κ2) is 6.64. The molecule has 1 aliphatic rings. The van der Waals surface area contributed by atoms with Crippen molar-refractivity contribution in [2.24, 2.45) is 0 Å². The minimum absolute atomic E-state index is 0.198. The van der Waals surface area contributed by atoms with E-state index in [1.165, 1.54) is 17.5 Å². The van der Waals surface area contributed by atoms with Crippen molar-refractivity contribution in [3.63, 3.8) is 0 Å². The molecule has 1 saturated heterocycles. The molecular formula is C17H20N2O. The first kappa shape index (κ1) is 13.3. The lowest BCUT2D eigenvalue weighted by atomic mass is 9.99. The molecule has 1 aromatic carbocycles. The second-order valence-corrected chi connectivity index (χ2v) is 5.17. The van der Waals surface area contributed by atoms with Crippen molar-refractivity contribution in [3.8, 4) is 0 Å². The average Bonchev–Trinajstić information content (AvgIpc) is 3.03. The molecule has 3 heteroatoms. The first-order chi connectivity index (χ1) is 9.93. The fourth-order valence-electron chi connectivity index (χ4n) is 2.68. The quantitative estimate of drug-likeness (QED) is 0.905. The number of aromatic nitrogens is 1. The number of nitrogens with zero attached hydrogens (tertiary/aromatic N) is 1. The van der Waals surface area contributed by atoms with Gasteiger partial charge >= 0.3 is 0 Å². The lowest BCUT2D eigenvalue weighted by Crippen LogP contribution is -2.30. The van der Waals surface area contributed by atoms with Crippen LogP contribution in [0.1, 0.15) is 30.0 Å². The molecule has 104 valence electrons. The first-order valence-corrected chi connectivity index (χ1v) is 7.23. The summed E-state index contributed by atoms with van der Waals surface area (Å²) in [5.74, 6) is 0. The van der Waals surface area contributed by atoms with Gasteiger partial charge in [-0.25, -0.2) is 0 Å². The zero-order valence-corrected chi connectivity index (χ0v) is 11.5. The van der Waals surface area contributed by atoms with Gasteiger partial charge in [0.25, 0.3) is 0 Å². The van der Waals surface area contributed by atoms with Gasteiger partial charge in [0.15, 0.2) is 0 Å². The molecule has 2 aromatic rings. The minimum Gasteiger partial charge on any atom is -0.377 e. The highest BCUT2D eigenvalue weighted by Crippen LogP contribution is 2.22. The molecule has 0 aliphatic carbocycles. The number of benzene rings is 1. The van der Waals surface area contributed by atoms with Gasteiger partial charge in [-0.3, -0.25) is 4.98 Å². The maximum atomic E-state index is 5.70. The molecule has 1 aromatic heterocycles. The van der Waals surface area contributed by atoms with Crippen LogP contribution in [0.2, 0.25) is 0 Å². The Morgan fingerprint density at radius 1 is 1.10 bits per heavy atom. The summed E-state index contributed by atoms with van der Waals surface area (Å²) in [5.41, 5.74) is 2.51. The van der Waals surface area contributed by atoms with Gasteiger partial charge in [-0.15, -0.1) is 0 Å². The normalized spacial score (nSPS) is 19.9. The molecule has 20 heavy (non-hydrogen) atoms. The van der Waals surface area contributed by atoms with E-state index in [9.17, 15) is 0 Å². The highest BCUT2D eigenvalue weighted by atomic mass is 16.5. The van der Waals surface area contributed by atoms with Gasteiger partial charge in [-0.05, 0) is 36.1 Å². The molecule has 1 fully saturated rings. The molecule has 1 aliphatic heterocycles. The predicted octanol–water partition coefficient (Wildman–Crippen LogP) is 2.94. The summed E-state index contributed by atoms with van der Waals surface area (Å²) in [6, 6.07) is 14.9. The van der Waals surface area contributed by atoms with E-state index in [4.69, 9.17) is 4.74 Å². The number of hydrogen-bond donors (Lipinski definition) is 1. The van der Waals surface area contributed by atoms with Gasteiger partial charge in [-0.1, -0.05) is 30.3 Å². The smallest absolute Gasteiger partial charge is 0.0700 e. The van der Waals surface area contributed by atoms with E-state index in [1.54, 1.807) is 0 Å². The number of ether oxygens (including phenoxy) is 1. The Balaban J connectivity index is 1.76. The van der Waals surface area contributed by atoms with Crippen molar-refractivity contribution in [1.29, 1.82) is 0 Å². The van der Waals surface area contributed by atoms with Crippen LogP contribution in [0.4, 0.5) is 0 Å². The fourth-order valence-corrected chi connectivity index (χ4v) is 2.68. The average molecular weight is 268 g/mol. The van der Waals surface area contributed by atoms with Crippen LogP contribution >= 0.6 is 0 Å². The summed E-state index contributed by atoms with van der Waals surface area (Å²) in [6.07, 6.45) is 6.38. The van der Waals surface area contributed by atoms with Gasteiger partial charge in [0, 0.05) is 25.5 Å². The molecule has 0 spiro atoms. The maximum Gasteiger partial charge on any atom is 0.0700 e.